The van der Waals surface area contributed by atoms with Crippen LogP contribution < -0.4 is 4.90 Å². The molecule has 1 N–H and O–H groups in total. The second-order valence-electron chi connectivity index (χ2n) is 3.93. The Morgan fingerprint density at radius 3 is 2.00 bits per heavy atom. The molecule has 0 unspecified atom stereocenters. The van der Waals surface area contributed by atoms with E-state index in [4.69, 9.17) is 0 Å². The van der Waals surface area contributed by atoms with E-state index in [0.29, 0.717) is 5.75 Å². The standard InChI is InChI=1S/C14H15NO/c1-15(2)13-9-5-3-7-11(13)12-8-4-6-10-14(12)16/h3-10,16H,1-2H3. The number of benzene rings is 2. The molecular weight excluding hydrogens is 198 g/mol. The molecule has 0 aromatic heterocycles. The molecule has 0 spiro atoms. The molecule has 0 heterocycles. The predicted molar refractivity (Wildman–Crippen MR) is 67.9 cm³/mol. The second kappa shape index (κ2) is 4.27. The van der Waals surface area contributed by atoms with Crippen LogP contribution in [-0.2, 0) is 0 Å². The molecule has 0 aliphatic heterocycles. The molecule has 0 aliphatic rings. The van der Waals surface area contributed by atoms with Crippen LogP contribution in [0.4, 0.5) is 5.69 Å². The molecular formula is C14H15NO. The van der Waals surface area contributed by atoms with E-state index in [0.717, 1.165) is 16.8 Å². The Labute approximate surface area is 95.8 Å². The molecule has 2 aromatic carbocycles. The van der Waals surface area contributed by atoms with E-state index in [1.54, 1.807) is 6.07 Å². The molecule has 0 amide bonds. The molecule has 2 rings (SSSR count). The van der Waals surface area contributed by atoms with Crippen molar-refractivity contribution in [3.8, 4) is 16.9 Å². The minimum Gasteiger partial charge on any atom is -0.507 e. The predicted octanol–water partition coefficient (Wildman–Crippen LogP) is 3.13. The van der Waals surface area contributed by atoms with Gasteiger partial charge in [-0.15, -0.1) is 0 Å². The van der Waals surface area contributed by atoms with Gasteiger partial charge in [0.25, 0.3) is 0 Å². The van der Waals surface area contributed by atoms with Crippen LogP contribution in [0.2, 0.25) is 0 Å². The van der Waals surface area contributed by atoms with Crippen molar-refractivity contribution in [1.29, 1.82) is 0 Å². The zero-order valence-corrected chi connectivity index (χ0v) is 9.51. The van der Waals surface area contributed by atoms with Crippen LogP contribution in [0.25, 0.3) is 11.1 Å². The van der Waals surface area contributed by atoms with Gasteiger partial charge >= 0.3 is 0 Å². The van der Waals surface area contributed by atoms with E-state index < -0.39 is 0 Å². The van der Waals surface area contributed by atoms with Crippen LogP contribution in [0.5, 0.6) is 5.75 Å². The maximum absolute atomic E-state index is 9.85. The third kappa shape index (κ3) is 1.87. The number of phenols is 1. The lowest BCUT2D eigenvalue weighted by molar-refractivity contribution is 0.477. The summed E-state index contributed by atoms with van der Waals surface area (Å²) in [6, 6.07) is 15.4. The van der Waals surface area contributed by atoms with Crippen LogP contribution in [0.15, 0.2) is 48.5 Å². The molecule has 2 aromatic rings. The first-order chi connectivity index (χ1) is 7.70. The smallest absolute Gasteiger partial charge is 0.123 e. The maximum Gasteiger partial charge on any atom is 0.123 e. The number of hydrogen-bond donors (Lipinski definition) is 1. The van der Waals surface area contributed by atoms with Gasteiger partial charge in [0.1, 0.15) is 5.75 Å². The summed E-state index contributed by atoms with van der Waals surface area (Å²) in [5, 5.41) is 9.85. The molecule has 16 heavy (non-hydrogen) atoms. The Balaban J connectivity index is 2.60. The third-order valence-corrected chi connectivity index (χ3v) is 2.58. The Kier molecular flexibility index (Phi) is 2.82. The summed E-state index contributed by atoms with van der Waals surface area (Å²) in [6.45, 7) is 0. The fourth-order valence-corrected chi connectivity index (χ4v) is 1.79. The molecule has 0 saturated heterocycles. The molecule has 2 heteroatoms. The van der Waals surface area contributed by atoms with Gasteiger partial charge in [-0.3, -0.25) is 0 Å². The van der Waals surface area contributed by atoms with Crippen molar-refractivity contribution in [3.05, 3.63) is 48.5 Å². The topological polar surface area (TPSA) is 23.5 Å². The van der Waals surface area contributed by atoms with Gasteiger partial charge < -0.3 is 10.0 Å². The Morgan fingerprint density at radius 1 is 0.812 bits per heavy atom. The number of phenolic OH excluding ortho intramolecular Hbond substituents is 1. The molecule has 2 nitrogen and oxygen atoms in total. The van der Waals surface area contributed by atoms with Crippen molar-refractivity contribution in [1.82, 2.24) is 0 Å². The highest BCUT2D eigenvalue weighted by molar-refractivity contribution is 5.81. The van der Waals surface area contributed by atoms with E-state index in [-0.39, 0.29) is 0 Å². The summed E-state index contributed by atoms with van der Waals surface area (Å²) in [6.07, 6.45) is 0. The van der Waals surface area contributed by atoms with E-state index in [1.165, 1.54) is 0 Å². The lowest BCUT2D eigenvalue weighted by atomic mass is 10.0. The lowest BCUT2D eigenvalue weighted by Gasteiger charge is -2.17. The number of para-hydroxylation sites is 2. The minimum absolute atomic E-state index is 0.316. The van der Waals surface area contributed by atoms with Gasteiger partial charge in [0.15, 0.2) is 0 Å². The summed E-state index contributed by atoms with van der Waals surface area (Å²) in [7, 11) is 4.00. The van der Waals surface area contributed by atoms with Crippen molar-refractivity contribution in [3.63, 3.8) is 0 Å². The normalized spacial score (nSPS) is 10.1. The second-order valence-corrected chi connectivity index (χ2v) is 3.93. The fourth-order valence-electron chi connectivity index (χ4n) is 1.79. The summed E-state index contributed by atoms with van der Waals surface area (Å²) < 4.78 is 0. The molecule has 82 valence electrons. The highest BCUT2D eigenvalue weighted by Gasteiger charge is 2.08. The van der Waals surface area contributed by atoms with Gasteiger partial charge in [-0.2, -0.15) is 0 Å². The van der Waals surface area contributed by atoms with Crippen LogP contribution in [-0.4, -0.2) is 19.2 Å². The average Bonchev–Trinajstić information content (AvgIpc) is 2.29. The SMILES string of the molecule is CN(C)c1ccccc1-c1ccccc1O. The molecule has 0 bridgehead atoms. The van der Waals surface area contributed by atoms with Crippen molar-refractivity contribution in [2.24, 2.45) is 0 Å². The molecule has 0 radical (unpaired) electrons. The molecule has 0 aliphatic carbocycles. The van der Waals surface area contributed by atoms with Crippen molar-refractivity contribution in [2.45, 2.75) is 0 Å². The van der Waals surface area contributed by atoms with Crippen molar-refractivity contribution < 1.29 is 5.11 Å². The number of anilines is 1. The third-order valence-electron chi connectivity index (χ3n) is 2.58. The lowest BCUT2D eigenvalue weighted by Crippen LogP contribution is -2.09. The number of nitrogens with zero attached hydrogens (tertiary/aromatic N) is 1. The Hall–Kier alpha value is -1.96. The Morgan fingerprint density at radius 2 is 1.38 bits per heavy atom. The van der Waals surface area contributed by atoms with Gasteiger partial charge in [0.05, 0.1) is 0 Å². The number of rotatable bonds is 2. The van der Waals surface area contributed by atoms with Crippen LogP contribution in [0.1, 0.15) is 0 Å². The number of hydrogen-bond acceptors (Lipinski definition) is 2. The largest absolute Gasteiger partial charge is 0.507 e. The fraction of sp³-hybridized carbons (Fsp3) is 0.143. The average molecular weight is 213 g/mol. The van der Waals surface area contributed by atoms with E-state index >= 15 is 0 Å². The minimum atomic E-state index is 0.316. The molecule has 0 atom stereocenters. The summed E-state index contributed by atoms with van der Waals surface area (Å²) in [4.78, 5) is 2.04. The summed E-state index contributed by atoms with van der Waals surface area (Å²) >= 11 is 0. The highest BCUT2D eigenvalue weighted by atomic mass is 16.3. The van der Waals surface area contributed by atoms with Crippen LogP contribution in [0, 0.1) is 0 Å². The highest BCUT2D eigenvalue weighted by Crippen LogP contribution is 2.34. The summed E-state index contributed by atoms with van der Waals surface area (Å²) in [5.74, 6) is 0.316. The number of aromatic hydroxyl groups is 1. The van der Waals surface area contributed by atoms with Crippen molar-refractivity contribution >= 4 is 5.69 Å². The van der Waals surface area contributed by atoms with Crippen LogP contribution in [0.3, 0.4) is 0 Å². The van der Waals surface area contributed by atoms with E-state index in [1.807, 2.05) is 61.5 Å². The van der Waals surface area contributed by atoms with Gasteiger partial charge in [-0.05, 0) is 12.1 Å². The van der Waals surface area contributed by atoms with E-state index in [2.05, 4.69) is 0 Å². The van der Waals surface area contributed by atoms with Gasteiger partial charge in [0, 0.05) is 30.9 Å². The van der Waals surface area contributed by atoms with Crippen molar-refractivity contribution in [2.75, 3.05) is 19.0 Å². The zero-order chi connectivity index (χ0) is 11.5. The Bertz CT molecular complexity index is 492. The first kappa shape index (κ1) is 10.6. The van der Waals surface area contributed by atoms with Gasteiger partial charge in [-0.25, -0.2) is 0 Å². The van der Waals surface area contributed by atoms with Gasteiger partial charge in [-0.1, -0.05) is 36.4 Å². The van der Waals surface area contributed by atoms with Gasteiger partial charge in [0.2, 0.25) is 0 Å². The first-order valence-electron chi connectivity index (χ1n) is 5.25. The molecule has 0 saturated carbocycles. The maximum atomic E-state index is 9.85. The zero-order valence-electron chi connectivity index (χ0n) is 9.51. The monoisotopic (exact) mass is 213 g/mol. The quantitative estimate of drug-likeness (QED) is 0.828. The summed E-state index contributed by atoms with van der Waals surface area (Å²) in [5.41, 5.74) is 3.02. The van der Waals surface area contributed by atoms with Crippen LogP contribution >= 0.6 is 0 Å². The van der Waals surface area contributed by atoms with E-state index in [9.17, 15) is 5.11 Å². The molecule has 0 fully saturated rings. The first-order valence-corrected chi connectivity index (χ1v) is 5.25.